The van der Waals surface area contributed by atoms with Gasteiger partial charge in [-0.15, -0.1) is 0 Å². The molecule has 1 aromatic carbocycles. The van der Waals surface area contributed by atoms with Crippen LogP contribution < -0.4 is 11.1 Å². The van der Waals surface area contributed by atoms with Gasteiger partial charge in [-0.1, -0.05) is 19.4 Å². The standard InChI is InChI=1S/C14H20N2O2/c1-2-9-6-7-13(17)12(8-9)16-14(18)10-4-3-5-11(10)15/h6-8,10-11,17H,2-5,15H2,1H3,(H,16,18). The number of aromatic hydroxyl groups is 1. The van der Waals surface area contributed by atoms with Crippen molar-refractivity contribution in [2.24, 2.45) is 11.7 Å². The highest BCUT2D eigenvalue weighted by atomic mass is 16.3. The van der Waals surface area contributed by atoms with Crippen LogP contribution in [0.5, 0.6) is 5.75 Å². The van der Waals surface area contributed by atoms with Gasteiger partial charge in [-0.25, -0.2) is 0 Å². The van der Waals surface area contributed by atoms with Crippen molar-refractivity contribution in [2.45, 2.75) is 38.6 Å². The molecule has 98 valence electrons. The van der Waals surface area contributed by atoms with Crippen LogP contribution in [-0.2, 0) is 11.2 Å². The molecule has 0 radical (unpaired) electrons. The van der Waals surface area contributed by atoms with E-state index in [1.54, 1.807) is 6.07 Å². The van der Waals surface area contributed by atoms with E-state index in [0.29, 0.717) is 5.69 Å². The number of nitrogens with one attached hydrogen (secondary N) is 1. The maximum atomic E-state index is 12.1. The molecule has 2 rings (SSSR count). The Morgan fingerprint density at radius 3 is 2.89 bits per heavy atom. The summed E-state index contributed by atoms with van der Waals surface area (Å²) in [4.78, 5) is 12.1. The molecule has 1 amide bonds. The Bertz CT molecular complexity index is 445. The number of carbonyl (C=O) groups is 1. The average molecular weight is 248 g/mol. The number of hydrogen-bond acceptors (Lipinski definition) is 3. The summed E-state index contributed by atoms with van der Waals surface area (Å²) in [6, 6.07) is 5.23. The highest BCUT2D eigenvalue weighted by Gasteiger charge is 2.30. The Morgan fingerprint density at radius 1 is 1.50 bits per heavy atom. The average Bonchev–Trinajstić information content (AvgIpc) is 2.78. The van der Waals surface area contributed by atoms with Gasteiger partial charge in [0.15, 0.2) is 0 Å². The number of rotatable bonds is 3. The van der Waals surface area contributed by atoms with Gasteiger partial charge in [0, 0.05) is 6.04 Å². The molecule has 1 fully saturated rings. The predicted molar refractivity (Wildman–Crippen MR) is 71.4 cm³/mol. The van der Waals surface area contributed by atoms with E-state index in [2.05, 4.69) is 5.32 Å². The van der Waals surface area contributed by atoms with E-state index < -0.39 is 0 Å². The molecule has 2 unspecified atom stereocenters. The predicted octanol–water partition coefficient (Wildman–Crippen LogP) is 2.02. The fourth-order valence-corrected chi connectivity index (χ4v) is 2.44. The lowest BCUT2D eigenvalue weighted by Gasteiger charge is -2.16. The first-order valence-electron chi connectivity index (χ1n) is 6.50. The Labute approximate surface area is 107 Å². The molecule has 0 aromatic heterocycles. The lowest BCUT2D eigenvalue weighted by atomic mass is 10.0. The fraction of sp³-hybridized carbons (Fsp3) is 0.500. The van der Waals surface area contributed by atoms with Crippen molar-refractivity contribution in [2.75, 3.05) is 5.32 Å². The van der Waals surface area contributed by atoms with E-state index in [1.807, 2.05) is 19.1 Å². The molecule has 2 atom stereocenters. The number of phenolic OH excluding ortho intramolecular Hbond substituents is 1. The molecule has 18 heavy (non-hydrogen) atoms. The summed E-state index contributed by atoms with van der Waals surface area (Å²) in [5.41, 5.74) is 7.47. The topological polar surface area (TPSA) is 75.3 Å². The summed E-state index contributed by atoms with van der Waals surface area (Å²) < 4.78 is 0. The van der Waals surface area contributed by atoms with E-state index in [1.165, 1.54) is 0 Å². The van der Waals surface area contributed by atoms with Crippen LogP contribution in [0, 0.1) is 5.92 Å². The van der Waals surface area contributed by atoms with Crippen molar-refractivity contribution < 1.29 is 9.90 Å². The summed E-state index contributed by atoms with van der Waals surface area (Å²) >= 11 is 0. The normalized spacial score (nSPS) is 23.0. The van der Waals surface area contributed by atoms with E-state index in [-0.39, 0.29) is 23.6 Å². The van der Waals surface area contributed by atoms with Crippen LogP contribution in [0.3, 0.4) is 0 Å². The molecule has 1 aliphatic carbocycles. The maximum absolute atomic E-state index is 12.1. The van der Waals surface area contributed by atoms with Crippen LogP contribution in [0.1, 0.15) is 31.7 Å². The molecule has 0 saturated heterocycles. The molecule has 4 N–H and O–H groups in total. The minimum atomic E-state index is -0.130. The Morgan fingerprint density at radius 2 is 2.28 bits per heavy atom. The van der Waals surface area contributed by atoms with Crippen molar-refractivity contribution in [1.29, 1.82) is 0 Å². The fourth-order valence-electron chi connectivity index (χ4n) is 2.44. The largest absolute Gasteiger partial charge is 0.506 e. The molecule has 4 nitrogen and oxygen atoms in total. The van der Waals surface area contributed by atoms with E-state index in [4.69, 9.17) is 5.73 Å². The first kappa shape index (κ1) is 12.9. The van der Waals surface area contributed by atoms with Gasteiger partial charge in [0.05, 0.1) is 11.6 Å². The Balaban J connectivity index is 2.11. The van der Waals surface area contributed by atoms with E-state index in [9.17, 15) is 9.90 Å². The monoisotopic (exact) mass is 248 g/mol. The minimum Gasteiger partial charge on any atom is -0.506 e. The number of phenols is 1. The summed E-state index contributed by atoms with van der Waals surface area (Å²) in [7, 11) is 0. The van der Waals surface area contributed by atoms with Crippen molar-refractivity contribution in [3.63, 3.8) is 0 Å². The molecule has 0 aliphatic heterocycles. The van der Waals surface area contributed by atoms with Gasteiger partial charge in [-0.3, -0.25) is 4.79 Å². The van der Waals surface area contributed by atoms with Gasteiger partial charge in [0.1, 0.15) is 5.75 Å². The molecule has 0 bridgehead atoms. The lowest BCUT2D eigenvalue weighted by molar-refractivity contribution is -0.120. The third-order valence-electron chi connectivity index (χ3n) is 3.63. The highest BCUT2D eigenvalue weighted by Crippen LogP contribution is 2.28. The van der Waals surface area contributed by atoms with Crippen molar-refractivity contribution >= 4 is 11.6 Å². The first-order chi connectivity index (χ1) is 8.61. The van der Waals surface area contributed by atoms with Gasteiger partial charge in [-0.2, -0.15) is 0 Å². The number of hydrogen-bond donors (Lipinski definition) is 3. The van der Waals surface area contributed by atoms with Gasteiger partial charge < -0.3 is 16.2 Å². The zero-order valence-electron chi connectivity index (χ0n) is 10.6. The van der Waals surface area contributed by atoms with Crippen molar-refractivity contribution in [1.82, 2.24) is 0 Å². The van der Waals surface area contributed by atoms with Crippen LogP contribution in [-0.4, -0.2) is 17.1 Å². The highest BCUT2D eigenvalue weighted by molar-refractivity contribution is 5.94. The number of nitrogens with two attached hydrogens (primary N) is 1. The molecular formula is C14H20N2O2. The lowest BCUT2D eigenvalue weighted by Crippen LogP contribution is -2.34. The molecule has 1 saturated carbocycles. The number of anilines is 1. The third-order valence-corrected chi connectivity index (χ3v) is 3.63. The van der Waals surface area contributed by atoms with E-state index >= 15 is 0 Å². The second kappa shape index (κ2) is 5.40. The third kappa shape index (κ3) is 2.64. The second-order valence-corrected chi connectivity index (χ2v) is 4.90. The minimum absolute atomic E-state index is 0.0542. The summed E-state index contributed by atoms with van der Waals surface area (Å²) in [5.74, 6) is -0.106. The summed E-state index contributed by atoms with van der Waals surface area (Å²) in [5, 5.41) is 12.5. The van der Waals surface area contributed by atoms with Crippen LogP contribution in [0.25, 0.3) is 0 Å². The van der Waals surface area contributed by atoms with Crippen LogP contribution in [0.4, 0.5) is 5.69 Å². The second-order valence-electron chi connectivity index (χ2n) is 4.90. The molecular weight excluding hydrogens is 228 g/mol. The van der Waals surface area contributed by atoms with Crippen LogP contribution in [0.15, 0.2) is 18.2 Å². The SMILES string of the molecule is CCc1ccc(O)c(NC(=O)C2CCCC2N)c1. The van der Waals surface area contributed by atoms with Gasteiger partial charge in [0.25, 0.3) is 0 Å². The van der Waals surface area contributed by atoms with Gasteiger partial charge in [0.2, 0.25) is 5.91 Å². The van der Waals surface area contributed by atoms with Crippen LogP contribution in [0.2, 0.25) is 0 Å². The zero-order valence-corrected chi connectivity index (χ0v) is 10.6. The maximum Gasteiger partial charge on any atom is 0.229 e. The Hall–Kier alpha value is -1.55. The van der Waals surface area contributed by atoms with E-state index in [0.717, 1.165) is 31.2 Å². The summed E-state index contributed by atoms with van der Waals surface area (Å²) in [6.45, 7) is 2.03. The van der Waals surface area contributed by atoms with Gasteiger partial charge in [-0.05, 0) is 37.0 Å². The quantitative estimate of drug-likeness (QED) is 0.716. The molecule has 1 aromatic rings. The van der Waals surface area contributed by atoms with Crippen molar-refractivity contribution in [3.05, 3.63) is 23.8 Å². The Kier molecular flexibility index (Phi) is 3.87. The van der Waals surface area contributed by atoms with Crippen LogP contribution >= 0.6 is 0 Å². The summed E-state index contributed by atoms with van der Waals surface area (Å²) in [6.07, 6.45) is 3.60. The molecule has 1 aliphatic rings. The number of benzene rings is 1. The van der Waals surface area contributed by atoms with Crippen molar-refractivity contribution in [3.8, 4) is 5.75 Å². The number of aryl methyl sites for hydroxylation is 1. The molecule has 0 heterocycles. The number of amides is 1. The zero-order chi connectivity index (χ0) is 13.1. The number of carbonyl (C=O) groups excluding carboxylic acids is 1. The first-order valence-corrected chi connectivity index (χ1v) is 6.50. The smallest absolute Gasteiger partial charge is 0.229 e. The van der Waals surface area contributed by atoms with Gasteiger partial charge >= 0.3 is 0 Å². The molecule has 4 heteroatoms. The molecule has 0 spiro atoms.